The molecule has 1 fully saturated rings. The third-order valence-electron chi connectivity index (χ3n) is 4.18. The fourth-order valence-electron chi connectivity index (χ4n) is 2.83. The van der Waals surface area contributed by atoms with Crippen LogP contribution < -0.4 is 4.90 Å². The molecular formula is C16H14N6O3S. The van der Waals surface area contributed by atoms with E-state index in [-0.39, 0.29) is 17.3 Å². The largest absolute Gasteiger partial charge is 0.476 e. The third-order valence-corrected chi connectivity index (χ3v) is 5.08. The zero-order chi connectivity index (χ0) is 18.1. The fourth-order valence-corrected chi connectivity index (χ4v) is 3.70. The molecule has 3 aromatic heterocycles. The molecule has 1 aliphatic heterocycles. The first-order valence-corrected chi connectivity index (χ1v) is 8.79. The Kier molecular flexibility index (Phi) is 4.17. The van der Waals surface area contributed by atoms with E-state index in [0.717, 1.165) is 22.2 Å². The molecule has 0 spiro atoms. The van der Waals surface area contributed by atoms with E-state index in [1.807, 2.05) is 11.4 Å². The Balaban J connectivity index is 1.45. The van der Waals surface area contributed by atoms with Crippen LogP contribution in [0.2, 0.25) is 0 Å². The number of carboxylic acid groups (broad SMARTS) is 1. The zero-order valence-electron chi connectivity index (χ0n) is 13.6. The number of rotatable bonds is 3. The molecule has 1 saturated heterocycles. The minimum Gasteiger partial charge on any atom is -0.476 e. The van der Waals surface area contributed by atoms with Crippen LogP contribution in [-0.2, 0) is 0 Å². The van der Waals surface area contributed by atoms with Crippen LogP contribution in [0.1, 0.15) is 21.0 Å². The summed E-state index contributed by atoms with van der Waals surface area (Å²) in [7, 11) is 0. The van der Waals surface area contributed by atoms with Crippen LogP contribution in [0.4, 0.5) is 5.82 Å². The standard InChI is InChI=1S/C16H14N6O3S/c23-15(11-7-18-12(8-17-11)16(24)25)22-4-2-21(3-5-22)14-13-10(1-6-26-13)19-9-20-14/h1,6-9H,2-5H2,(H,24,25). The molecule has 4 rings (SSSR count). The normalized spacial score (nSPS) is 14.6. The Labute approximate surface area is 152 Å². The maximum absolute atomic E-state index is 12.5. The van der Waals surface area contributed by atoms with Crippen molar-refractivity contribution in [1.82, 2.24) is 24.8 Å². The van der Waals surface area contributed by atoms with Crippen LogP contribution in [0, 0.1) is 0 Å². The van der Waals surface area contributed by atoms with Crippen molar-refractivity contribution >= 4 is 39.2 Å². The molecule has 0 radical (unpaired) electrons. The van der Waals surface area contributed by atoms with Gasteiger partial charge in [-0.05, 0) is 11.4 Å². The van der Waals surface area contributed by atoms with Gasteiger partial charge in [0.05, 0.1) is 22.6 Å². The molecule has 4 heterocycles. The van der Waals surface area contributed by atoms with E-state index in [2.05, 4.69) is 24.8 Å². The van der Waals surface area contributed by atoms with Gasteiger partial charge in [0, 0.05) is 26.2 Å². The summed E-state index contributed by atoms with van der Waals surface area (Å²) in [5.41, 5.74) is 0.883. The van der Waals surface area contributed by atoms with Crippen LogP contribution >= 0.6 is 11.3 Å². The molecule has 0 aromatic carbocycles. The van der Waals surface area contributed by atoms with Gasteiger partial charge in [0.25, 0.3) is 5.91 Å². The molecule has 0 saturated carbocycles. The average molecular weight is 370 g/mol. The second-order valence-corrected chi connectivity index (χ2v) is 6.62. The average Bonchev–Trinajstić information content (AvgIpc) is 3.16. The molecule has 1 amide bonds. The highest BCUT2D eigenvalue weighted by Crippen LogP contribution is 2.28. The van der Waals surface area contributed by atoms with Crippen LogP contribution in [0.15, 0.2) is 30.2 Å². The lowest BCUT2D eigenvalue weighted by Gasteiger charge is -2.35. The zero-order valence-corrected chi connectivity index (χ0v) is 14.4. The predicted octanol–water partition coefficient (Wildman–Crippen LogP) is 1.14. The lowest BCUT2D eigenvalue weighted by molar-refractivity contribution is 0.0684. The predicted molar refractivity (Wildman–Crippen MR) is 94.5 cm³/mol. The molecule has 0 aliphatic carbocycles. The van der Waals surface area contributed by atoms with E-state index in [9.17, 15) is 9.59 Å². The third kappa shape index (κ3) is 2.94. The highest BCUT2D eigenvalue weighted by atomic mass is 32.1. The topological polar surface area (TPSA) is 112 Å². The number of amides is 1. The Hall–Kier alpha value is -3.14. The van der Waals surface area contributed by atoms with Crippen molar-refractivity contribution in [2.24, 2.45) is 0 Å². The summed E-state index contributed by atoms with van der Waals surface area (Å²) in [6, 6.07) is 1.96. The molecule has 10 heteroatoms. The number of carboxylic acids is 1. The molecule has 26 heavy (non-hydrogen) atoms. The van der Waals surface area contributed by atoms with Crippen molar-refractivity contribution in [3.8, 4) is 0 Å². The minimum atomic E-state index is -1.17. The second-order valence-electron chi connectivity index (χ2n) is 5.70. The molecule has 9 nitrogen and oxygen atoms in total. The first-order chi connectivity index (χ1) is 12.6. The van der Waals surface area contributed by atoms with Crippen molar-refractivity contribution in [2.75, 3.05) is 31.1 Å². The number of hydrogen-bond acceptors (Lipinski definition) is 8. The highest BCUT2D eigenvalue weighted by Gasteiger charge is 2.25. The van der Waals surface area contributed by atoms with Crippen LogP contribution in [0.3, 0.4) is 0 Å². The molecule has 0 unspecified atom stereocenters. The molecule has 0 atom stereocenters. The number of nitrogens with zero attached hydrogens (tertiary/aromatic N) is 6. The molecule has 132 valence electrons. The summed E-state index contributed by atoms with van der Waals surface area (Å²) in [4.78, 5) is 43.5. The number of carbonyl (C=O) groups is 2. The highest BCUT2D eigenvalue weighted by molar-refractivity contribution is 7.17. The van der Waals surface area contributed by atoms with Gasteiger partial charge in [0.1, 0.15) is 17.8 Å². The van der Waals surface area contributed by atoms with Crippen molar-refractivity contribution in [1.29, 1.82) is 0 Å². The van der Waals surface area contributed by atoms with E-state index in [1.54, 1.807) is 22.6 Å². The van der Waals surface area contributed by atoms with Gasteiger partial charge in [-0.3, -0.25) is 4.79 Å². The van der Waals surface area contributed by atoms with E-state index >= 15 is 0 Å². The van der Waals surface area contributed by atoms with Crippen LogP contribution in [-0.4, -0.2) is 68.0 Å². The maximum Gasteiger partial charge on any atom is 0.356 e. The van der Waals surface area contributed by atoms with E-state index in [4.69, 9.17) is 5.11 Å². The first kappa shape index (κ1) is 16.3. The van der Waals surface area contributed by atoms with Gasteiger partial charge in [-0.2, -0.15) is 0 Å². The van der Waals surface area contributed by atoms with Gasteiger partial charge in [0.15, 0.2) is 5.69 Å². The monoisotopic (exact) mass is 370 g/mol. The number of anilines is 1. The van der Waals surface area contributed by atoms with E-state index in [1.165, 1.54) is 6.20 Å². The molecule has 1 N–H and O–H groups in total. The Morgan fingerprint density at radius 2 is 1.73 bits per heavy atom. The van der Waals surface area contributed by atoms with Crippen molar-refractivity contribution in [3.05, 3.63) is 41.6 Å². The first-order valence-electron chi connectivity index (χ1n) is 7.91. The number of aromatic carboxylic acids is 1. The van der Waals surface area contributed by atoms with Gasteiger partial charge in [0.2, 0.25) is 0 Å². The number of thiophene rings is 1. The molecular weight excluding hydrogens is 356 g/mol. The van der Waals surface area contributed by atoms with Gasteiger partial charge >= 0.3 is 5.97 Å². The van der Waals surface area contributed by atoms with E-state index in [0.29, 0.717) is 26.2 Å². The smallest absolute Gasteiger partial charge is 0.356 e. The minimum absolute atomic E-state index is 0.145. The van der Waals surface area contributed by atoms with Gasteiger partial charge in [-0.25, -0.2) is 24.7 Å². The van der Waals surface area contributed by atoms with Crippen molar-refractivity contribution in [3.63, 3.8) is 0 Å². The summed E-state index contributed by atoms with van der Waals surface area (Å²) in [5.74, 6) is -0.532. The fraction of sp³-hybridized carbons (Fsp3) is 0.250. The Morgan fingerprint density at radius 1 is 1.00 bits per heavy atom. The van der Waals surface area contributed by atoms with Gasteiger partial charge in [-0.15, -0.1) is 11.3 Å². The Bertz CT molecular complexity index is 966. The van der Waals surface area contributed by atoms with E-state index < -0.39 is 5.97 Å². The summed E-state index contributed by atoms with van der Waals surface area (Å²) >= 11 is 1.60. The quantitative estimate of drug-likeness (QED) is 0.730. The SMILES string of the molecule is O=C(O)c1cnc(C(=O)N2CCN(c3ncnc4ccsc34)CC2)cn1. The summed E-state index contributed by atoms with van der Waals surface area (Å²) in [6.07, 6.45) is 3.86. The molecule has 3 aromatic rings. The van der Waals surface area contributed by atoms with Gasteiger partial charge in [-0.1, -0.05) is 0 Å². The lowest BCUT2D eigenvalue weighted by Crippen LogP contribution is -2.49. The number of hydrogen-bond donors (Lipinski definition) is 1. The van der Waals surface area contributed by atoms with Crippen molar-refractivity contribution in [2.45, 2.75) is 0 Å². The van der Waals surface area contributed by atoms with Crippen molar-refractivity contribution < 1.29 is 14.7 Å². The van der Waals surface area contributed by atoms with Crippen LogP contribution in [0.5, 0.6) is 0 Å². The lowest BCUT2D eigenvalue weighted by atomic mass is 10.2. The molecule has 1 aliphatic rings. The second kappa shape index (κ2) is 6.64. The number of piperazine rings is 1. The maximum atomic E-state index is 12.5. The molecule has 0 bridgehead atoms. The van der Waals surface area contributed by atoms with Gasteiger partial charge < -0.3 is 14.9 Å². The number of aromatic nitrogens is 4. The number of fused-ring (bicyclic) bond motifs is 1. The summed E-state index contributed by atoms with van der Waals surface area (Å²) in [5, 5.41) is 10.8. The summed E-state index contributed by atoms with van der Waals surface area (Å²) < 4.78 is 1.04. The Morgan fingerprint density at radius 3 is 2.42 bits per heavy atom. The summed E-state index contributed by atoms with van der Waals surface area (Å²) in [6.45, 7) is 2.35. The number of carbonyl (C=O) groups excluding carboxylic acids is 1. The van der Waals surface area contributed by atoms with Crippen LogP contribution in [0.25, 0.3) is 10.2 Å².